The van der Waals surface area contributed by atoms with Crippen LogP contribution in [0.2, 0.25) is 0 Å². The number of fused-ring (bicyclic) bond motifs is 1. The smallest absolute Gasteiger partial charge is 0.256 e. The van der Waals surface area contributed by atoms with Crippen LogP contribution >= 0.6 is 11.3 Å². The van der Waals surface area contributed by atoms with Crippen molar-refractivity contribution < 1.29 is 19.0 Å². The molecule has 1 N–H and O–H groups in total. The molecule has 1 amide bonds. The summed E-state index contributed by atoms with van der Waals surface area (Å²) in [5, 5.41) is 5.09. The lowest BCUT2D eigenvalue weighted by atomic mass is 9.95. The largest absolute Gasteiger partial charge is 0.492 e. The topological polar surface area (TPSA) is 60.0 Å². The molecule has 30 heavy (non-hydrogen) atoms. The van der Waals surface area contributed by atoms with Gasteiger partial charge in [0.1, 0.15) is 11.5 Å². The van der Waals surface area contributed by atoms with Crippen LogP contribution in [0, 0.1) is 0 Å². The van der Waals surface area contributed by atoms with Crippen molar-refractivity contribution in [3.8, 4) is 11.5 Å². The van der Waals surface area contributed by atoms with E-state index in [9.17, 15) is 4.79 Å². The van der Waals surface area contributed by atoms with Crippen LogP contribution in [0.3, 0.4) is 0 Å². The summed E-state index contributed by atoms with van der Waals surface area (Å²) in [7, 11) is 0. The second-order valence-corrected chi connectivity index (χ2v) is 8.46. The van der Waals surface area contributed by atoms with Crippen LogP contribution in [0.5, 0.6) is 11.5 Å². The number of hydrogen-bond donors (Lipinski definition) is 1. The summed E-state index contributed by atoms with van der Waals surface area (Å²) in [5.41, 5.74) is 3.65. The molecule has 0 bridgehead atoms. The average molecular weight is 431 g/mol. The van der Waals surface area contributed by atoms with E-state index in [1.165, 1.54) is 16.9 Å². The van der Waals surface area contributed by atoms with Gasteiger partial charge in [0.25, 0.3) is 5.91 Å². The van der Waals surface area contributed by atoms with Gasteiger partial charge >= 0.3 is 0 Å². The second kappa shape index (κ2) is 9.71. The molecule has 0 unspecified atom stereocenters. The number of aryl methyl sites for hydroxylation is 1. The molecule has 1 saturated heterocycles. The first-order chi connectivity index (χ1) is 14.7. The Kier molecular flexibility index (Phi) is 6.79. The number of hydrogen-bond acceptors (Lipinski definition) is 6. The fourth-order valence-corrected chi connectivity index (χ4v) is 5.24. The van der Waals surface area contributed by atoms with Crippen LogP contribution < -0.4 is 19.7 Å². The lowest BCUT2D eigenvalue weighted by Crippen LogP contribution is -2.36. The molecule has 1 aliphatic heterocycles. The molecule has 7 heteroatoms. The van der Waals surface area contributed by atoms with Crippen molar-refractivity contribution in [3.63, 3.8) is 0 Å². The molecule has 2 heterocycles. The van der Waals surface area contributed by atoms with Crippen molar-refractivity contribution in [1.29, 1.82) is 0 Å². The van der Waals surface area contributed by atoms with Crippen LogP contribution in [-0.4, -0.2) is 45.4 Å². The molecule has 1 fully saturated rings. The molecule has 0 radical (unpaired) electrons. The normalized spacial score (nSPS) is 16.1. The van der Waals surface area contributed by atoms with E-state index in [2.05, 4.69) is 10.2 Å². The van der Waals surface area contributed by atoms with E-state index >= 15 is 0 Å². The molecule has 0 atom stereocenters. The van der Waals surface area contributed by atoms with Crippen molar-refractivity contribution in [1.82, 2.24) is 0 Å². The monoisotopic (exact) mass is 430 g/mol. The third kappa shape index (κ3) is 4.42. The van der Waals surface area contributed by atoms with Gasteiger partial charge in [-0.25, -0.2) is 0 Å². The van der Waals surface area contributed by atoms with Gasteiger partial charge < -0.3 is 24.4 Å². The van der Waals surface area contributed by atoms with E-state index in [1.807, 2.05) is 31.4 Å². The van der Waals surface area contributed by atoms with E-state index in [4.69, 9.17) is 14.2 Å². The van der Waals surface area contributed by atoms with Crippen LogP contribution in [0.1, 0.15) is 47.5 Å². The summed E-state index contributed by atoms with van der Waals surface area (Å²) in [4.78, 5) is 16.7. The highest BCUT2D eigenvalue weighted by atomic mass is 32.1. The molecule has 2 aliphatic rings. The standard InChI is InChI=1S/C23H30N2O4S/c1-3-28-20-14-19(25-9-11-27-12-10-25)21(29-4-2)13-18(20)24-23(26)17-15-30-22-8-6-5-7-16(17)22/h13-15H,3-12H2,1-2H3,(H,24,26). The minimum atomic E-state index is -0.0723. The Labute approximate surface area is 182 Å². The number of benzene rings is 1. The van der Waals surface area contributed by atoms with Gasteiger partial charge in [0, 0.05) is 35.5 Å². The summed E-state index contributed by atoms with van der Waals surface area (Å²) in [6.07, 6.45) is 4.43. The van der Waals surface area contributed by atoms with E-state index in [0.29, 0.717) is 37.9 Å². The zero-order valence-electron chi connectivity index (χ0n) is 17.8. The van der Waals surface area contributed by atoms with Gasteiger partial charge in [-0.2, -0.15) is 0 Å². The highest BCUT2D eigenvalue weighted by Crippen LogP contribution is 2.40. The first-order valence-corrected chi connectivity index (χ1v) is 11.8. The van der Waals surface area contributed by atoms with Gasteiger partial charge in [-0.15, -0.1) is 11.3 Å². The Morgan fingerprint density at radius 1 is 1.10 bits per heavy atom. The molecule has 1 aromatic heterocycles. The maximum atomic E-state index is 13.1. The summed E-state index contributed by atoms with van der Waals surface area (Å²) >= 11 is 1.70. The van der Waals surface area contributed by atoms with E-state index in [1.54, 1.807) is 11.3 Å². The highest BCUT2D eigenvalue weighted by molar-refractivity contribution is 7.10. The lowest BCUT2D eigenvalue weighted by Gasteiger charge is -2.31. The van der Waals surface area contributed by atoms with E-state index in [0.717, 1.165) is 49.4 Å². The van der Waals surface area contributed by atoms with Gasteiger partial charge in [-0.3, -0.25) is 4.79 Å². The highest BCUT2D eigenvalue weighted by Gasteiger charge is 2.23. The molecular weight excluding hydrogens is 400 g/mol. The van der Waals surface area contributed by atoms with Crippen LogP contribution in [0.15, 0.2) is 17.5 Å². The van der Waals surface area contributed by atoms with Gasteiger partial charge in [0.05, 0.1) is 43.4 Å². The number of amides is 1. The number of anilines is 2. The number of thiophene rings is 1. The van der Waals surface area contributed by atoms with Crippen LogP contribution in [0.4, 0.5) is 11.4 Å². The van der Waals surface area contributed by atoms with Crippen molar-refractivity contribution in [2.75, 3.05) is 49.7 Å². The summed E-state index contributed by atoms with van der Waals surface area (Å²) < 4.78 is 17.3. The van der Waals surface area contributed by atoms with E-state index < -0.39 is 0 Å². The quantitative estimate of drug-likeness (QED) is 0.700. The van der Waals surface area contributed by atoms with Crippen molar-refractivity contribution >= 4 is 28.6 Å². The summed E-state index contributed by atoms with van der Waals surface area (Å²) in [6.45, 7) is 7.98. The van der Waals surface area contributed by atoms with Crippen LogP contribution in [-0.2, 0) is 17.6 Å². The predicted octanol–water partition coefficient (Wildman–Crippen LogP) is 4.51. The van der Waals surface area contributed by atoms with Gasteiger partial charge in [-0.1, -0.05) is 0 Å². The summed E-state index contributed by atoms with van der Waals surface area (Å²) in [5.74, 6) is 1.35. The Bertz CT molecular complexity index is 890. The third-order valence-corrected chi connectivity index (χ3v) is 6.66. The third-order valence-electron chi connectivity index (χ3n) is 5.57. The fourth-order valence-electron chi connectivity index (χ4n) is 4.12. The molecule has 4 rings (SSSR count). The molecule has 2 aromatic rings. The molecule has 1 aliphatic carbocycles. The Morgan fingerprint density at radius 2 is 1.83 bits per heavy atom. The van der Waals surface area contributed by atoms with Gasteiger partial charge in [0.2, 0.25) is 0 Å². The fraction of sp³-hybridized carbons (Fsp3) is 0.522. The lowest BCUT2D eigenvalue weighted by molar-refractivity contribution is 0.102. The predicted molar refractivity (Wildman–Crippen MR) is 121 cm³/mol. The maximum Gasteiger partial charge on any atom is 0.256 e. The number of nitrogens with one attached hydrogen (secondary N) is 1. The molecule has 6 nitrogen and oxygen atoms in total. The number of morpholine rings is 1. The summed E-state index contributed by atoms with van der Waals surface area (Å²) in [6, 6.07) is 3.88. The zero-order chi connectivity index (χ0) is 20.9. The Hall–Kier alpha value is -2.25. The molecule has 162 valence electrons. The van der Waals surface area contributed by atoms with Gasteiger partial charge in [-0.05, 0) is 45.1 Å². The average Bonchev–Trinajstić information content (AvgIpc) is 3.21. The minimum absolute atomic E-state index is 0.0723. The Morgan fingerprint density at radius 3 is 2.60 bits per heavy atom. The number of carbonyl (C=O) groups excluding carboxylic acids is 1. The van der Waals surface area contributed by atoms with Crippen molar-refractivity contribution in [3.05, 3.63) is 33.5 Å². The van der Waals surface area contributed by atoms with Crippen molar-refractivity contribution in [2.24, 2.45) is 0 Å². The molecule has 0 spiro atoms. The first kappa shape index (κ1) is 21.0. The molecular formula is C23H30N2O4S. The number of rotatable bonds is 7. The SMILES string of the molecule is CCOc1cc(N2CCOCC2)c(OCC)cc1NC(=O)c1csc2c1CCCC2. The molecule has 1 aromatic carbocycles. The maximum absolute atomic E-state index is 13.1. The second-order valence-electron chi connectivity index (χ2n) is 7.49. The number of ether oxygens (including phenoxy) is 3. The zero-order valence-corrected chi connectivity index (χ0v) is 18.6. The number of carbonyl (C=O) groups is 1. The van der Waals surface area contributed by atoms with Crippen molar-refractivity contribution in [2.45, 2.75) is 39.5 Å². The first-order valence-electron chi connectivity index (χ1n) is 10.9. The molecule has 0 saturated carbocycles. The minimum Gasteiger partial charge on any atom is -0.492 e. The van der Waals surface area contributed by atoms with E-state index in [-0.39, 0.29) is 5.91 Å². The van der Waals surface area contributed by atoms with Gasteiger partial charge in [0.15, 0.2) is 0 Å². The Balaban J connectivity index is 1.65. The number of nitrogens with zero attached hydrogens (tertiary/aromatic N) is 1. The van der Waals surface area contributed by atoms with Crippen LogP contribution in [0.25, 0.3) is 0 Å².